The molecule has 5 fully saturated rings. The third kappa shape index (κ3) is 2.77. The van der Waals surface area contributed by atoms with Crippen LogP contribution in [-0.2, 0) is 14.3 Å². The van der Waals surface area contributed by atoms with Gasteiger partial charge in [0.25, 0.3) is 5.91 Å². The van der Waals surface area contributed by atoms with Gasteiger partial charge in [-0.25, -0.2) is 0 Å². The Morgan fingerprint density at radius 2 is 1.59 bits per heavy atom. The molecular formula is C18H27NO3. The van der Waals surface area contributed by atoms with Gasteiger partial charge < -0.3 is 10.1 Å². The fourth-order valence-electron chi connectivity index (χ4n) is 5.74. The largest absolute Gasteiger partial charge is 0.455 e. The van der Waals surface area contributed by atoms with E-state index < -0.39 is 0 Å². The van der Waals surface area contributed by atoms with Crippen molar-refractivity contribution >= 4 is 11.9 Å². The molecule has 1 N–H and O–H groups in total. The Morgan fingerprint density at radius 1 is 1.00 bits per heavy atom. The fraction of sp³-hybridized carbons (Fsp3) is 0.889. The van der Waals surface area contributed by atoms with Crippen molar-refractivity contribution in [2.75, 3.05) is 13.2 Å². The van der Waals surface area contributed by atoms with E-state index in [-0.39, 0.29) is 24.4 Å². The van der Waals surface area contributed by atoms with E-state index in [4.69, 9.17) is 4.74 Å². The van der Waals surface area contributed by atoms with Gasteiger partial charge >= 0.3 is 5.97 Å². The molecule has 0 aromatic rings. The van der Waals surface area contributed by atoms with Crippen LogP contribution in [0.3, 0.4) is 0 Å². The quantitative estimate of drug-likeness (QED) is 0.795. The minimum Gasteiger partial charge on any atom is -0.455 e. The molecule has 0 unspecified atom stereocenters. The fourth-order valence-corrected chi connectivity index (χ4v) is 5.74. The Kier molecular flexibility index (Phi) is 3.66. The normalized spacial score (nSPS) is 39.4. The Balaban J connectivity index is 1.24. The van der Waals surface area contributed by atoms with E-state index in [1.165, 1.54) is 38.5 Å². The molecule has 0 aromatic heterocycles. The highest BCUT2D eigenvalue weighted by Crippen LogP contribution is 2.59. The molecule has 0 heterocycles. The van der Waals surface area contributed by atoms with E-state index in [9.17, 15) is 9.59 Å². The number of hydrogen-bond donors (Lipinski definition) is 1. The van der Waals surface area contributed by atoms with Crippen molar-refractivity contribution in [1.29, 1.82) is 0 Å². The average molecular weight is 305 g/mol. The highest BCUT2D eigenvalue weighted by Gasteiger charge is 2.50. The van der Waals surface area contributed by atoms with Crippen LogP contribution in [0.1, 0.15) is 57.8 Å². The van der Waals surface area contributed by atoms with Crippen LogP contribution in [0.15, 0.2) is 0 Å². The first-order valence-corrected chi connectivity index (χ1v) is 9.05. The van der Waals surface area contributed by atoms with Crippen LogP contribution in [0.2, 0.25) is 0 Å². The first kappa shape index (κ1) is 14.5. The molecule has 4 bridgehead atoms. The second-order valence-electron chi connectivity index (χ2n) is 8.43. The Hall–Kier alpha value is -1.06. The van der Waals surface area contributed by atoms with Gasteiger partial charge in [0.15, 0.2) is 6.61 Å². The van der Waals surface area contributed by atoms with E-state index in [2.05, 4.69) is 5.32 Å². The smallest absolute Gasteiger partial charge is 0.309 e. The molecule has 5 saturated carbocycles. The lowest BCUT2D eigenvalue weighted by Crippen LogP contribution is -2.51. The predicted octanol–water partition coefficient (Wildman–Crippen LogP) is 2.66. The summed E-state index contributed by atoms with van der Waals surface area (Å²) in [6.07, 6.45) is 11.1. The van der Waals surface area contributed by atoms with Gasteiger partial charge in [-0.15, -0.1) is 0 Å². The van der Waals surface area contributed by atoms with E-state index in [1.807, 2.05) is 0 Å². The zero-order valence-corrected chi connectivity index (χ0v) is 13.3. The molecule has 1 amide bonds. The molecule has 4 heteroatoms. The van der Waals surface area contributed by atoms with Crippen LogP contribution in [-0.4, -0.2) is 25.0 Å². The summed E-state index contributed by atoms with van der Waals surface area (Å²) in [5.41, 5.74) is 0.350. The Morgan fingerprint density at radius 3 is 2.09 bits per heavy atom. The van der Waals surface area contributed by atoms with Gasteiger partial charge in [-0.3, -0.25) is 9.59 Å². The van der Waals surface area contributed by atoms with Crippen LogP contribution >= 0.6 is 0 Å². The van der Waals surface area contributed by atoms with Crippen molar-refractivity contribution in [1.82, 2.24) is 5.32 Å². The summed E-state index contributed by atoms with van der Waals surface area (Å²) in [7, 11) is 0. The van der Waals surface area contributed by atoms with Crippen LogP contribution < -0.4 is 5.32 Å². The van der Waals surface area contributed by atoms with E-state index in [0.29, 0.717) is 5.41 Å². The first-order valence-electron chi connectivity index (χ1n) is 9.05. The number of amides is 1. The van der Waals surface area contributed by atoms with Crippen molar-refractivity contribution in [3.8, 4) is 0 Å². The van der Waals surface area contributed by atoms with E-state index in [1.54, 1.807) is 0 Å². The summed E-state index contributed by atoms with van der Waals surface area (Å²) in [6.45, 7) is 0.692. The summed E-state index contributed by atoms with van der Waals surface area (Å²) < 4.78 is 5.13. The molecule has 0 atom stereocenters. The molecule has 0 aliphatic heterocycles. The third-order valence-corrected chi connectivity index (χ3v) is 6.61. The first-order chi connectivity index (χ1) is 10.6. The molecule has 0 saturated heterocycles. The van der Waals surface area contributed by atoms with Crippen LogP contribution in [0, 0.1) is 29.1 Å². The van der Waals surface area contributed by atoms with E-state index in [0.717, 1.165) is 43.6 Å². The topological polar surface area (TPSA) is 55.4 Å². The number of ether oxygens (including phenoxy) is 1. The zero-order valence-electron chi connectivity index (χ0n) is 13.3. The highest BCUT2D eigenvalue weighted by atomic mass is 16.5. The second-order valence-corrected chi connectivity index (χ2v) is 8.43. The summed E-state index contributed by atoms with van der Waals surface area (Å²) in [4.78, 5) is 23.6. The molecular weight excluding hydrogens is 278 g/mol. The summed E-state index contributed by atoms with van der Waals surface area (Å²) in [5, 5.41) is 3.05. The van der Waals surface area contributed by atoms with Crippen molar-refractivity contribution < 1.29 is 14.3 Å². The maximum atomic E-state index is 12.0. The molecule has 22 heavy (non-hydrogen) atoms. The van der Waals surface area contributed by atoms with Gasteiger partial charge in [0.2, 0.25) is 0 Å². The molecule has 0 spiro atoms. The number of carbonyl (C=O) groups excluding carboxylic acids is 2. The van der Waals surface area contributed by atoms with Crippen LogP contribution in [0.4, 0.5) is 0 Å². The molecule has 5 aliphatic rings. The molecule has 0 radical (unpaired) electrons. The average Bonchev–Trinajstić information content (AvgIpc) is 2.39. The number of nitrogens with one attached hydrogen (secondary N) is 1. The summed E-state index contributed by atoms with van der Waals surface area (Å²) in [6, 6.07) is 0. The molecule has 5 aliphatic carbocycles. The molecule has 0 aromatic carbocycles. The predicted molar refractivity (Wildman–Crippen MR) is 81.9 cm³/mol. The van der Waals surface area contributed by atoms with Gasteiger partial charge in [-0.2, -0.15) is 0 Å². The number of hydrogen-bond acceptors (Lipinski definition) is 3. The lowest BCUT2D eigenvalue weighted by molar-refractivity contribution is -0.155. The van der Waals surface area contributed by atoms with Crippen molar-refractivity contribution in [2.24, 2.45) is 29.1 Å². The van der Waals surface area contributed by atoms with Crippen molar-refractivity contribution in [2.45, 2.75) is 57.8 Å². The second kappa shape index (κ2) is 5.54. The monoisotopic (exact) mass is 305 g/mol. The number of rotatable bonds is 5. The molecule has 5 rings (SSSR count). The third-order valence-electron chi connectivity index (χ3n) is 6.61. The van der Waals surface area contributed by atoms with Gasteiger partial charge in [-0.1, -0.05) is 6.42 Å². The van der Waals surface area contributed by atoms with Gasteiger partial charge in [0, 0.05) is 6.54 Å². The standard InChI is InChI=1S/C18H27NO3/c20-16(10-22-17(21)15-2-1-3-15)19-11-18-7-12-4-13(8-18)6-14(5-12)9-18/h12-15H,1-11H2,(H,19,20). The summed E-state index contributed by atoms with van der Waals surface area (Å²) in [5.74, 6) is 2.45. The minimum atomic E-state index is -0.184. The molecule has 122 valence electrons. The van der Waals surface area contributed by atoms with Crippen molar-refractivity contribution in [3.05, 3.63) is 0 Å². The minimum absolute atomic E-state index is 0.0518. The van der Waals surface area contributed by atoms with Gasteiger partial charge in [0.1, 0.15) is 0 Å². The highest BCUT2D eigenvalue weighted by molar-refractivity contribution is 5.81. The van der Waals surface area contributed by atoms with E-state index >= 15 is 0 Å². The lowest BCUT2D eigenvalue weighted by Gasteiger charge is -2.56. The number of carbonyl (C=O) groups is 2. The van der Waals surface area contributed by atoms with Gasteiger partial charge in [-0.05, 0) is 74.5 Å². The summed E-state index contributed by atoms with van der Waals surface area (Å²) >= 11 is 0. The van der Waals surface area contributed by atoms with Crippen LogP contribution in [0.5, 0.6) is 0 Å². The van der Waals surface area contributed by atoms with Crippen molar-refractivity contribution in [3.63, 3.8) is 0 Å². The Bertz CT molecular complexity index is 434. The maximum Gasteiger partial charge on any atom is 0.309 e. The lowest BCUT2D eigenvalue weighted by atomic mass is 9.49. The number of esters is 1. The van der Waals surface area contributed by atoms with Gasteiger partial charge in [0.05, 0.1) is 5.92 Å². The molecule has 4 nitrogen and oxygen atoms in total. The maximum absolute atomic E-state index is 12.0. The Labute approximate surface area is 132 Å². The zero-order chi connectivity index (χ0) is 15.2. The van der Waals surface area contributed by atoms with Crippen LogP contribution in [0.25, 0.3) is 0 Å². The SMILES string of the molecule is O=C(COC(=O)C1CCC1)NCC12CC3CC(CC(C3)C1)C2.